The zero-order chi connectivity index (χ0) is 19.8. The van der Waals surface area contributed by atoms with Crippen molar-refractivity contribution in [2.45, 2.75) is 24.9 Å². The molecule has 0 saturated carbocycles. The monoisotopic (exact) mass is 400 g/mol. The fourth-order valence-corrected chi connectivity index (χ4v) is 3.72. The number of aromatic nitrogens is 3. The number of benzene rings is 1. The molecule has 1 aliphatic heterocycles. The molecule has 8 heteroatoms. The normalized spacial score (nSPS) is 17.0. The van der Waals surface area contributed by atoms with Crippen molar-refractivity contribution < 1.29 is 14.3 Å². The van der Waals surface area contributed by atoms with Crippen LogP contribution < -0.4 is 0 Å². The smallest absolute Gasteiger partial charge is 0.310 e. The molecule has 1 aromatic heterocycles. The number of hydrogen-bond acceptors (Lipinski definition) is 6. The highest BCUT2D eigenvalue weighted by Crippen LogP contribution is 2.20. The molecule has 1 aromatic carbocycles. The summed E-state index contributed by atoms with van der Waals surface area (Å²) in [6.07, 6.45) is 5.38. The Balaban J connectivity index is 1.49. The average Bonchev–Trinajstić information content (AvgIpc) is 3.19. The van der Waals surface area contributed by atoms with E-state index < -0.39 is 0 Å². The van der Waals surface area contributed by atoms with E-state index in [0.717, 1.165) is 18.4 Å². The Morgan fingerprint density at radius 3 is 2.93 bits per heavy atom. The molecule has 7 nitrogen and oxygen atoms in total. The lowest BCUT2D eigenvalue weighted by atomic mass is 9.98. The van der Waals surface area contributed by atoms with E-state index in [4.69, 9.17) is 4.74 Å². The van der Waals surface area contributed by atoms with E-state index in [1.165, 1.54) is 11.8 Å². The molecular formula is C20H24N4O3S. The second-order valence-electron chi connectivity index (χ2n) is 6.47. The second kappa shape index (κ2) is 10.1. The highest BCUT2D eigenvalue weighted by molar-refractivity contribution is 7.99. The molecule has 1 amide bonds. The van der Waals surface area contributed by atoms with Gasteiger partial charge in [0.05, 0.1) is 18.3 Å². The summed E-state index contributed by atoms with van der Waals surface area (Å²) < 4.78 is 5.08. The van der Waals surface area contributed by atoms with Crippen molar-refractivity contribution in [3.05, 3.63) is 41.7 Å². The quantitative estimate of drug-likeness (QED) is 0.568. The maximum atomic E-state index is 12.5. The largest absolute Gasteiger partial charge is 0.466 e. The van der Waals surface area contributed by atoms with Gasteiger partial charge >= 0.3 is 5.97 Å². The van der Waals surface area contributed by atoms with Crippen LogP contribution in [0.25, 0.3) is 12.2 Å². The lowest BCUT2D eigenvalue weighted by Crippen LogP contribution is -2.43. The molecule has 148 valence electrons. The summed E-state index contributed by atoms with van der Waals surface area (Å²) in [5.41, 5.74) is 1.07. The molecule has 0 aliphatic carbocycles. The molecule has 0 spiro atoms. The van der Waals surface area contributed by atoms with Crippen molar-refractivity contribution in [3.8, 4) is 0 Å². The first-order chi connectivity index (χ1) is 13.7. The number of aromatic amines is 1. The number of nitrogens with one attached hydrogen (secondary N) is 1. The Bertz CT molecular complexity index is 822. The van der Waals surface area contributed by atoms with E-state index in [2.05, 4.69) is 15.2 Å². The third kappa shape index (κ3) is 5.69. The number of piperidine rings is 1. The standard InChI is InChI=1S/C20H24N4O3S/c1-2-27-19(26)16-9-6-12-24(13-16)18(25)14-28-20-21-17(22-23-20)11-10-15-7-4-3-5-8-15/h3-5,7-8,10-11,16H,2,6,9,12-14H2,1H3,(H,21,22,23)/b11-10+. The van der Waals surface area contributed by atoms with E-state index in [-0.39, 0.29) is 23.5 Å². The summed E-state index contributed by atoms with van der Waals surface area (Å²) in [7, 11) is 0. The molecule has 1 fully saturated rings. The molecule has 1 unspecified atom stereocenters. The third-order valence-corrected chi connectivity index (χ3v) is 5.27. The van der Waals surface area contributed by atoms with Crippen molar-refractivity contribution in [2.24, 2.45) is 5.92 Å². The first-order valence-corrected chi connectivity index (χ1v) is 10.4. The van der Waals surface area contributed by atoms with Crippen molar-refractivity contribution >= 4 is 35.8 Å². The van der Waals surface area contributed by atoms with Gasteiger partial charge in [-0.05, 0) is 31.4 Å². The van der Waals surface area contributed by atoms with Crippen LogP contribution in [-0.4, -0.2) is 57.4 Å². The van der Waals surface area contributed by atoms with Crippen LogP contribution in [0.15, 0.2) is 35.5 Å². The van der Waals surface area contributed by atoms with E-state index in [9.17, 15) is 9.59 Å². The number of H-pyrrole nitrogens is 1. The Kier molecular flexibility index (Phi) is 7.25. The van der Waals surface area contributed by atoms with Crippen molar-refractivity contribution in [2.75, 3.05) is 25.4 Å². The summed E-state index contributed by atoms with van der Waals surface area (Å²) in [6, 6.07) is 9.92. The number of hydrogen-bond donors (Lipinski definition) is 1. The maximum Gasteiger partial charge on any atom is 0.310 e. The van der Waals surface area contributed by atoms with Gasteiger partial charge in [-0.3, -0.25) is 14.7 Å². The predicted molar refractivity (Wildman–Crippen MR) is 108 cm³/mol. The first-order valence-electron chi connectivity index (χ1n) is 9.38. The minimum Gasteiger partial charge on any atom is -0.466 e. The van der Waals surface area contributed by atoms with Crippen LogP contribution in [0.1, 0.15) is 31.2 Å². The van der Waals surface area contributed by atoms with Gasteiger partial charge in [-0.2, -0.15) is 0 Å². The van der Waals surface area contributed by atoms with Gasteiger partial charge in [0.15, 0.2) is 0 Å². The fraction of sp³-hybridized carbons (Fsp3) is 0.400. The van der Waals surface area contributed by atoms with Gasteiger partial charge in [0.25, 0.3) is 0 Å². The zero-order valence-corrected chi connectivity index (χ0v) is 16.7. The van der Waals surface area contributed by atoms with Crippen LogP contribution >= 0.6 is 11.8 Å². The Morgan fingerprint density at radius 1 is 1.32 bits per heavy atom. The topological polar surface area (TPSA) is 88.2 Å². The second-order valence-corrected chi connectivity index (χ2v) is 7.41. The van der Waals surface area contributed by atoms with Gasteiger partial charge in [0, 0.05) is 13.1 Å². The summed E-state index contributed by atoms with van der Waals surface area (Å²) in [4.78, 5) is 30.5. The first kappa shape index (κ1) is 20.1. The molecule has 2 heterocycles. The van der Waals surface area contributed by atoms with Gasteiger partial charge in [0.2, 0.25) is 11.1 Å². The van der Waals surface area contributed by atoms with Gasteiger partial charge in [-0.1, -0.05) is 48.2 Å². The number of nitrogens with zero attached hydrogens (tertiary/aromatic N) is 3. The summed E-state index contributed by atoms with van der Waals surface area (Å²) in [5, 5.41) is 7.53. The molecule has 1 aliphatic rings. The molecule has 1 saturated heterocycles. The van der Waals surface area contributed by atoms with Gasteiger partial charge in [-0.15, -0.1) is 5.10 Å². The number of likely N-dealkylation sites (tertiary alicyclic amines) is 1. The van der Waals surface area contributed by atoms with E-state index in [1.54, 1.807) is 11.8 Å². The molecule has 0 bridgehead atoms. The van der Waals surface area contributed by atoms with Crippen LogP contribution in [0, 0.1) is 5.92 Å². The molecule has 0 radical (unpaired) electrons. The van der Waals surface area contributed by atoms with E-state index in [1.807, 2.05) is 42.5 Å². The van der Waals surface area contributed by atoms with Crippen molar-refractivity contribution in [1.29, 1.82) is 0 Å². The number of rotatable bonds is 7. The Morgan fingerprint density at radius 2 is 2.14 bits per heavy atom. The number of thioether (sulfide) groups is 1. The maximum absolute atomic E-state index is 12.5. The number of carbonyl (C=O) groups is 2. The highest BCUT2D eigenvalue weighted by atomic mass is 32.2. The third-order valence-electron chi connectivity index (χ3n) is 4.43. The minimum atomic E-state index is -0.221. The summed E-state index contributed by atoms with van der Waals surface area (Å²) in [5.74, 6) is 0.441. The van der Waals surface area contributed by atoms with Crippen molar-refractivity contribution in [3.63, 3.8) is 0 Å². The van der Waals surface area contributed by atoms with Gasteiger partial charge in [0.1, 0.15) is 5.82 Å². The minimum absolute atomic E-state index is 0.00910. The molecule has 28 heavy (non-hydrogen) atoms. The molecule has 1 N–H and O–H groups in total. The van der Waals surface area contributed by atoms with E-state index >= 15 is 0 Å². The predicted octanol–water partition coefficient (Wildman–Crippen LogP) is 2.87. The average molecular weight is 401 g/mol. The van der Waals surface area contributed by atoms with Crippen LogP contribution in [0.2, 0.25) is 0 Å². The van der Waals surface area contributed by atoms with Gasteiger partial charge in [-0.25, -0.2) is 4.98 Å². The van der Waals surface area contributed by atoms with Crippen LogP contribution in [0.3, 0.4) is 0 Å². The van der Waals surface area contributed by atoms with Gasteiger partial charge < -0.3 is 9.64 Å². The lowest BCUT2D eigenvalue weighted by molar-refractivity contribution is -0.151. The zero-order valence-electron chi connectivity index (χ0n) is 15.8. The SMILES string of the molecule is CCOC(=O)C1CCCN(C(=O)CSc2n[nH]c(/C=C/c3ccccc3)n2)C1. The summed E-state index contributed by atoms with van der Waals surface area (Å²) in [6.45, 7) is 3.26. The summed E-state index contributed by atoms with van der Waals surface area (Å²) >= 11 is 1.29. The number of ether oxygens (including phenoxy) is 1. The van der Waals surface area contributed by atoms with Crippen LogP contribution in [0.4, 0.5) is 0 Å². The van der Waals surface area contributed by atoms with Crippen LogP contribution in [-0.2, 0) is 14.3 Å². The van der Waals surface area contributed by atoms with Crippen molar-refractivity contribution in [1.82, 2.24) is 20.1 Å². The fourth-order valence-electron chi connectivity index (χ4n) is 3.01. The molecule has 1 atom stereocenters. The lowest BCUT2D eigenvalue weighted by Gasteiger charge is -2.31. The van der Waals surface area contributed by atoms with Crippen LogP contribution in [0.5, 0.6) is 0 Å². The number of esters is 1. The molecular weight excluding hydrogens is 376 g/mol. The number of amides is 1. The highest BCUT2D eigenvalue weighted by Gasteiger charge is 2.29. The van der Waals surface area contributed by atoms with E-state index in [0.29, 0.717) is 30.7 Å². The Labute approximate surface area is 168 Å². The number of carbonyl (C=O) groups excluding carboxylic acids is 2. The molecule has 3 rings (SSSR count). The molecule has 2 aromatic rings. The Hall–Kier alpha value is -2.61.